The van der Waals surface area contributed by atoms with Gasteiger partial charge in [0.15, 0.2) is 0 Å². The molecular weight excluding hydrogens is 288 g/mol. The highest BCUT2D eigenvalue weighted by Crippen LogP contribution is 2.18. The number of rotatable bonds is 5. The van der Waals surface area contributed by atoms with Crippen LogP contribution in [0.15, 0.2) is 30.6 Å². The Bertz CT molecular complexity index is 596. The third kappa shape index (κ3) is 4.36. The van der Waals surface area contributed by atoms with Crippen molar-refractivity contribution >= 4 is 0 Å². The molecule has 0 aromatic carbocycles. The predicted octanol–water partition coefficient (Wildman–Crippen LogP) is 1.70. The Kier molecular flexibility index (Phi) is 5.35. The Morgan fingerprint density at radius 1 is 1.26 bits per heavy atom. The van der Waals surface area contributed by atoms with Gasteiger partial charge in [-0.3, -0.25) is 19.5 Å². The van der Waals surface area contributed by atoms with Crippen molar-refractivity contribution in [2.75, 3.05) is 20.1 Å². The zero-order valence-corrected chi connectivity index (χ0v) is 14.1. The Balaban J connectivity index is 1.52. The molecule has 1 saturated heterocycles. The molecule has 0 N–H and O–H groups in total. The number of aryl methyl sites for hydroxylation is 1. The lowest BCUT2D eigenvalue weighted by atomic mass is 10.1. The van der Waals surface area contributed by atoms with Crippen molar-refractivity contribution in [1.82, 2.24) is 29.8 Å². The summed E-state index contributed by atoms with van der Waals surface area (Å²) in [5.41, 5.74) is 2.34. The summed E-state index contributed by atoms with van der Waals surface area (Å²) < 4.78 is 1.87. The summed E-state index contributed by atoms with van der Waals surface area (Å²) in [7, 11) is 4.18. The van der Waals surface area contributed by atoms with Gasteiger partial charge in [0.05, 0.1) is 17.6 Å². The van der Waals surface area contributed by atoms with Crippen LogP contribution in [0.1, 0.15) is 30.7 Å². The summed E-state index contributed by atoms with van der Waals surface area (Å²) in [6, 6.07) is 6.77. The first-order valence-corrected chi connectivity index (χ1v) is 8.38. The molecule has 3 heterocycles. The second-order valence-corrected chi connectivity index (χ2v) is 6.45. The van der Waals surface area contributed by atoms with Gasteiger partial charge in [-0.25, -0.2) is 0 Å². The Morgan fingerprint density at radius 3 is 2.91 bits per heavy atom. The monoisotopic (exact) mass is 314 g/mol. The lowest BCUT2D eigenvalue weighted by Gasteiger charge is -2.27. The molecule has 0 unspecified atom stereocenters. The Labute approximate surface area is 138 Å². The fourth-order valence-electron chi connectivity index (χ4n) is 3.30. The van der Waals surface area contributed by atoms with E-state index in [2.05, 4.69) is 44.3 Å². The molecule has 2 aromatic heterocycles. The molecule has 0 radical (unpaired) electrons. The average Bonchev–Trinajstić information content (AvgIpc) is 2.82. The van der Waals surface area contributed by atoms with Gasteiger partial charge < -0.3 is 0 Å². The van der Waals surface area contributed by atoms with E-state index < -0.39 is 0 Å². The van der Waals surface area contributed by atoms with Gasteiger partial charge in [0.2, 0.25) is 0 Å². The lowest BCUT2D eigenvalue weighted by Crippen LogP contribution is -2.33. The highest BCUT2D eigenvalue weighted by atomic mass is 15.4. The number of hydrogen-bond acceptors (Lipinski definition) is 5. The Hall–Kier alpha value is -1.79. The molecule has 23 heavy (non-hydrogen) atoms. The fourth-order valence-corrected chi connectivity index (χ4v) is 3.30. The molecule has 6 nitrogen and oxygen atoms in total. The summed E-state index contributed by atoms with van der Waals surface area (Å²) in [5, 5.41) is 7.99. The van der Waals surface area contributed by atoms with Gasteiger partial charge in [-0.05, 0) is 45.0 Å². The van der Waals surface area contributed by atoms with Crippen LogP contribution in [0.4, 0.5) is 0 Å². The van der Waals surface area contributed by atoms with E-state index in [1.165, 1.54) is 25.0 Å². The number of pyridine rings is 1. The van der Waals surface area contributed by atoms with Gasteiger partial charge in [0, 0.05) is 38.9 Å². The van der Waals surface area contributed by atoms with Crippen molar-refractivity contribution in [3.05, 3.63) is 42.0 Å². The standard InChI is InChI=1S/C17H26N6/c1-21(13-15-6-3-4-9-18-15)16-7-5-10-23(11-8-16)14-17-12-19-20-22(17)2/h3-4,6,9,12,16H,5,7-8,10-11,13-14H2,1-2H3/t16-/m0/s1. The van der Waals surface area contributed by atoms with Gasteiger partial charge in [-0.15, -0.1) is 5.10 Å². The first-order chi connectivity index (χ1) is 11.2. The van der Waals surface area contributed by atoms with Crippen LogP contribution >= 0.6 is 0 Å². The first kappa shape index (κ1) is 16.1. The van der Waals surface area contributed by atoms with Crippen molar-refractivity contribution in [3.8, 4) is 0 Å². The van der Waals surface area contributed by atoms with Crippen LogP contribution in [0.2, 0.25) is 0 Å². The fraction of sp³-hybridized carbons (Fsp3) is 0.588. The van der Waals surface area contributed by atoms with Crippen LogP contribution in [-0.4, -0.2) is 56.0 Å². The molecule has 0 spiro atoms. The van der Waals surface area contributed by atoms with Gasteiger partial charge >= 0.3 is 0 Å². The third-order valence-electron chi connectivity index (χ3n) is 4.74. The molecule has 1 atom stereocenters. The van der Waals surface area contributed by atoms with E-state index in [1.807, 2.05) is 30.2 Å². The van der Waals surface area contributed by atoms with E-state index in [1.54, 1.807) is 0 Å². The summed E-state index contributed by atoms with van der Waals surface area (Å²) in [4.78, 5) is 9.42. The molecule has 1 fully saturated rings. The second kappa shape index (κ2) is 7.66. The van der Waals surface area contributed by atoms with E-state index in [0.29, 0.717) is 6.04 Å². The highest BCUT2D eigenvalue weighted by Gasteiger charge is 2.21. The molecule has 0 amide bonds. The van der Waals surface area contributed by atoms with E-state index in [0.717, 1.165) is 31.9 Å². The summed E-state index contributed by atoms with van der Waals surface area (Å²) in [5.74, 6) is 0. The lowest BCUT2D eigenvalue weighted by molar-refractivity contribution is 0.203. The largest absolute Gasteiger partial charge is 0.298 e. The molecular formula is C17H26N6. The molecule has 2 aromatic rings. The van der Waals surface area contributed by atoms with E-state index in [-0.39, 0.29) is 0 Å². The summed E-state index contributed by atoms with van der Waals surface area (Å²) in [6.45, 7) is 4.15. The Morgan fingerprint density at radius 2 is 2.17 bits per heavy atom. The zero-order chi connectivity index (χ0) is 16.1. The maximum Gasteiger partial charge on any atom is 0.0738 e. The van der Waals surface area contributed by atoms with E-state index in [4.69, 9.17) is 0 Å². The summed E-state index contributed by atoms with van der Waals surface area (Å²) in [6.07, 6.45) is 7.44. The minimum Gasteiger partial charge on any atom is -0.298 e. The molecule has 6 heteroatoms. The van der Waals surface area contributed by atoms with Crippen LogP contribution in [0.25, 0.3) is 0 Å². The van der Waals surface area contributed by atoms with Gasteiger partial charge in [-0.2, -0.15) is 0 Å². The topological polar surface area (TPSA) is 50.1 Å². The quantitative estimate of drug-likeness (QED) is 0.841. The van der Waals surface area contributed by atoms with Crippen molar-refractivity contribution in [3.63, 3.8) is 0 Å². The normalized spacial score (nSPS) is 19.9. The van der Waals surface area contributed by atoms with Crippen molar-refractivity contribution in [1.29, 1.82) is 0 Å². The first-order valence-electron chi connectivity index (χ1n) is 8.38. The van der Waals surface area contributed by atoms with Crippen molar-refractivity contribution < 1.29 is 0 Å². The molecule has 3 rings (SSSR count). The number of hydrogen-bond donors (Lipinski definition) is 0. The summed E-state index contributed by atoms with van der Waals surface area (Å²) >= 11 is 0. The molecule has 124 valence electrons. The average molecular weight is 314 g/mol. The highest BCUT2D eigenvalue weighted by molar-refractivity contribution is 5.03. The van der Waals surface area contributed by atoms with Crippen LogP contribution < -0.4 is 0 Å². The maximum absolute atomic E-state index is 4.44. The predicted molar refractivity (Wildman–Crippen MR) is 89.6 cm³/mol. The zero-order valence-electron chi connectivity index (χ0n) is 14.1. The number of aromatic nitrogens is 4. The van der Waals surface area contributed by atoms with Crippen molar-refractivity contribution in [2.24, 2.45) is 7.05 Å². The van der Waals surface area contributed by atoms with Crippen LogP contribution in [0.3, 0.4) is 0 Å². The molecule has 1 aliphatic rings. The van der Waals surface area contributed by atoms with Gasteiger partial charge in [-0.1, -0.05) is 11.3 Å². The minimum atomic E-state index is 0.631. The van der Waals surface area contributed by atoms with Gasteiger partial charge in [0.1, 0.15) is 0 Å². The van der Waals surface area contributed by atoms with E-state index >= 15 is 0 Å². The number of nitrogens with zero attached hydrogens (tertiary/aromatic N) is 6. The minimum absolute atomic E-state index is 0.631. The molecule has 1 aliphatic heterocycles. The number of likely N-dealkylation sites (tertiary alicyclic amines) is 1. The van der Waals surface area contributed by atoms with Crippen LogP contribution in [-0.2, 0) is 20.1 Å². The smallest absolute Gasteiger partial charge is 0.0738 e. The van der Waals surface area contributed by atoms with Gasteiger partial charge in [0.25, 0.3) is 0 Å². The third-order valence-corrected chi connectivity index (χ3v) is 4.74. The van der Waals surface area contributed by atoms with E-state index in [9.17, 15) is 0 Å². The molecule has 0 aliphatic carbocycles. The van der Waals surface area contributed by atoms with Crippen molar-refractivity contribution in [2.45, 2.75) is 38.4 Å². The SMILES string of the molecule is CN(Cc1ccccn1)[C@H]1CCCN(Cc2cnnn2C)CC1. The molecule has 0 saturated carbocycles. The molecule has 0 bridgehead atoms. The van der Waals surface area contributed by atoms with Crippen LogP contribution in [0, 0.1) is 0 Å². The maximum atomic E-state index is 4.44. The van der Waals surface area contributed by atoms with Crippen LogP contribution in [0.5, 0.6) is 0 Å². The second-order valence-electron chi connectivity index (χ2n) is 6.45.